The normalized spacial score (nSPS) is 11.1. The number of hydrogen-bond acceptors (Lipinski definition) is 6. The third-order valence-electron chi connectivity index (χ3n) is 5.31. The van der Waals surface area contributed by atoms with Crippen molar-refractivity contribution in [2.45, 2.75) is 17.5 Å². The molecule has 166 valence electrons. The van der Waals surface area contributed by atoms with Crippen LogP contribution in [0.25, 0.3) is 27.5 Å². The molecule has 3 aromatic carbocycles. The molecule has 34 heavy (non-hydrogen) atoms. The zero-order valence-corrected chi connectivity index (χ0v) is 19.3. The number of hydrogen-bond donors (Lipinski definition) is 0. The lowest BCUT2D eigenvalue weighted by Crippen LogP contribution is -2.25. The Morgan fingerprint density at radius 2 is 1.56 bits per heavy atom. The van der Waals surface area contributed by atoms with Crippen molar-refractivity contribution in [1.29, 1.82) is 5.26 Å². The second kappa shape index (κ2) is 9.14. The van der Waals surface area contributed by atoms with Crippen molar-refractivity contribution in [1.82, 2.24) is 19.1 Å². The zero-order chi connectivity index (χ0) is 23.7. The van der Waals surface area contributed by atoms with E-state index < -0.39 is 0 Å². The minimum atomic E-state index is -0.276. The van der Waals surface area contributed by atoms with Crippen LogP contribution in [0.15, 0.2) is 87.5 Å². The van der Waals surface area contributed by atoms with Crippen molar-refractivity contribution in [3.05, 3.63) is 104 Å². The summed E-state index contributed by atoms with van der Waals surface area (Å²) >= 11 is 7.46. The number of rotatable bonds is 5. The Kier molecular flexibility index (Phi) is 5.88. The van der Waals surface area contributed by atoms with Gasteiger partial charge in [-0.15, -0.1) is 0 Å². The molecule has 0 fully saturated rings. The van der Waals surface area contributed by atoms with Crippen molar-refractivity contribution < 1.29 is 0 Å². The van der Waals surface area contributed by atoms with Gasteiger partial charge in [0.25, 0.3) is 11.1 Å². The van der Waals surface area contributed by atoms with Crippen LogP contribution in [-0.2, 0) is 12.3 Å². The third kappa shape index (κ3) is 3.96. The van der Waals surface area contributed by atoms with E-state index in [-0.39, 0.29) is 23.4 Å². The monoisotopic (exact) mass is 485 g/mol. The Bertz CT molecular complexity index is 1720. The summed E-state index contributed by atoms with van der Waals surface area (Å²) in [5, 5.41) is 11.1. The number of thioether (sulfide) groups is 1. The van der Waals surface area contributed by atoms with Gasteiger partial charge in [0.05, 0.1) is 39.3 Å². The first-order valence-corrected chi connectivity index (χ1v) is 11.7. The second-order valence-corrected chi connectivity index (χ2v) is 8.79. The van der Waals surface area contributed by atoms with Gasteiger partial charge < -0.3 is 0 Å². The van der Waals surface area contributed by atoms with E-state index >= 15 is 0 Å². The highest BCUT2D eigenvalue weighted by molar-refractivity contribution is 7.98. The van der Waals surface area contributed by atoms with E-state index in [0.717, 1.165) is 0 Å². The van der Waals surface area contributed by atoms with E-state index in [9.17, 15) is 14.9 Å². The van der Waals surface area contributed by atoms with Gasteiger partial charge in [-0.05, 0) is 42.5 Å². The summed E-state index contributed by atoms with van der Waals surface area (Å²) in [6.07, 6.45) is 0. The number of halogens is 1. The molecule has 5 aromatic rings. The highest BCUT2D eigenvalue weighted by atomic mass is 35.5. The van der Waals surface area contributed by atoms with Crippen LogP contribution >= 0.6 is 23.4 Å². The Morgan fingerprint density at radius 1 is 0.882 bits per heavy atom. The van der Waals surface area contributed by atoms with Gasteiger partial charge in [0.15, 0.2) is 5.16 Å². The Hall–Kier alpha value is -3.93. The first kappa shape index (κ1) is 21.9. The number of fused-ring (bicyclic) bond motifs is 2. The van der Waals surface area contributed by atoms with Crippen molar-refractivity contribution in [2.24, 2.45) is 0 Å². The Balaban J connectivity index is 1.65. The largest absolute Gasteiger partial charge is 0.281 e. The van der Waals surface area contributed by atoms with Gasteiger partial charge in [-0.1, -0.05) is 53.7 Å². The van der Waals surface area contributed by atoms with E-state index in [1.165, 1.54) is 20.9 Å². The van der Waals surface area contributed by atoms with Crippen LogP contribution in [0.1, 0.15) is 5.82 Å². The van der Waals surface area contributed by atoms with Crippen LogP contribution in [-0.4, -0.2) is 19.1 Å². The molecule has 0 saturated heterocycles. The topological polar surface area (TPSA) is 93.6 Å². The van der Waals surface area contributed by atoms with Crippen molar-refractivity contribution in [2.75, 3.05) is 0 Å². The average molecular weight is 486 g/mol. The van der Waals surface area contributed by atoms with E-state index in [1.54, 1.807) is 60.7 Å². The second-order valence-electron chi connectivity index (χ2n) is 7.42. The predicted octanol–water partition coefficient (Wildman–Crippen LogP) is 4.56. The molecule has 0 unspecified atom stereocenters. The molecule has 0 radical (unpaired) electrons. The molecule has 7 nitrogen and oxygen atoms in total. The van der Waals surface area contributed by atoms with Gasteiger partial charge in [0.2, 0.25) is 0 Å². The summed E-state index contributed by atoms with van der Waals surface area (Å²) in [6, 6.07) is 23.2. The molecule has 9 heteroatoms. The van der Waals surface area contributed by atoms with Crippen LogP contribution in [0.3, 0.4) is 0 Å². The van der Waals surface area contributed by atoms with Crippen LogP contribution in [0.4, 0.5) is 0 Å². The summed E-state index contributed by atoms with van der Waals surface area (Å²) in [6.45, 7) is -0.126. The number of aromatic nitrogens is 4. The molecule has 0 spiro atoms. The standard InChI is InChI=1S/C25H16ClN5O2S/c26-16-6-5-7-17(14-16)31-24(33)19-9-2-4-11-21(19)29-25(31)34-15-22-28-20-10-3-1-8-18(20)23(32)30(22)13-12-27/h1-11,14H,13,15H2. The SMILES string of the molecule is N#CCn1c(CSc2nc3ccccc3c(=O)n2-c2cccc(Cl)c2)nc2ccccc2c1=O. The molecule has 0 aliphatic heterocycles. The van der Waals surface area contributed by atoms with Gasteiger partial charge in [-0.2, -0.15) is 5.26 Å². The molecule has 5 rings (SSSR count). The fourth-order valence-corrected chi connectivity index (χ4v) is 4.88. The summed E-state index contributed by atoms with van der Waals surface area (Å²) in [5.41, 5.74) is 1.20. The summed E-state index contributed by atoms with van der Waals surface area (Å²) < 4.78 is 2.87. The number of nitrogens with zero attached hydrogens (tertiary/aromatic N) is 5. The van der Waals surface area contributed by atoms with Gasteiger partial charge in [0.1, 0.15) is 12.4 Å². The van der Waals surface area contributed by atoms with Crippen LogP contribution in [0.2, 0.25) is 5.02 Å². The molecule has 0 saturated carbocycles. The number of benzene rings is 3. The Labute approximate surface area is 202 Å². The van der Waals surface area contributed by atoms with Crippen molar-refractivity contribution >= 4 is 45.2 Å². The quantitative estimate of drug-likeness (QED) is 0.267. The lowest BCUT2D eigenvalue weighted by atomic mass is 10.2. The average Bonchev–Trinajstić information content (AvgIpc) is 2.85. The molecule has 2 aromatic heterocycles. The molecule has 0 N–H and O–H groups in total. The molecule has 0 atom stereocenters. The molecule has 0 aliphatic carbocycles. The van der Waals surface area contributed by atoms with Crippen molar-refractivity contribution in [3.63, 3.8) is 0 Å². The first-order valence-electron chi connectivity index (χ1n) is 10.3. The Morgan fingerprint density at radius 3 is 2.26 bits per heavy atom. The number of nitriles is 1. The molecular weight excluding hydrogens is 470 g/mol. The highest BCUT2D eigenvalue weighted by Gasteiger charge is 2.16. The number of para-hydroxylation sites is 2. The van der Waals surface area contributed by atoms with Gasteiger partial charge in [-0.3, -0.25) is 18.7 Å². The highest BCUT2D eigenvalue weighted by Crippen LogP contribution is 2.25. The van der Waals surface area contributed by atoms with Crippen LogP contribution < -0.4 is 11.1 Å². The lowest BCUT2D eigenvalue weighted by Gasteiger charge is -2.15. The molecule has 0 aliphatic rings. The fraction of sp³-hybridized carbons (Fsp3) is 0.0800. The predicted molar refractivity (Wildman–Crippen MR) is 134 cm³/mol. The minimum absolute atomic E-state index is 0.126. The molecule has 0 bridgehead atoms. The molecule has 0 amide bonds. The summed E-state index contributed by atoms with van der Waals surface area (Å²) in [4.78, 5) is 35.8. The minimum Gasteiger partial charge on any atom is -0.281 e. The van der Waals surface area contributed by atoms with E-state index in [0.29, 0.717) is 43.5 Å². The summed E-state index contributed by atoms with van der Waals surface area (Å²) in [5.74, 6) is 0.655. The van der Waals surface area contributed by atoms with E-state index in [4.69, 9.17) is 16.6 Å². The smallest absolute Gasteiger partial charge is 0.266 e. The third-order valence-corrected chi connectivity index (χ3v) is 6.48. The van der Waals surface area contributed by atoms with E-state index in [1.807, 2.05) is 18.2 Å². The van der Waals surface area contributed by atoms with Crippen LogP contribution in [0.5, 0.6) is 0 Å². The van der Waals surface area contributed by atoms with Crippen molar-refractivity contribution in [3.8, 4) is 11.8 Å². The van der Waals surface area contributed by atoms with Gasteiger partial charge in [-0.25, -0.2) is 9.97 Å². The molecule has 2 heterocycles. The maximum atomic E-state index is 13.4. The summed E-state index contributed by atoms with van der Waals surface area (Å²) in [7, 11) is 0. The molecular formula is C25H16ClN5O2S. The maximum Gasteiger partial charge on any atom is 0.266 e. The fourth-order valence-electron chi connectivity index (χ4n) is 3.74. The van der Waals surface area contributed by atoms with E-state index in [2.05, 4.69) is 4.98 Å². The van der Waals surface area contributed by atoms with Gasteiger partial charge >= 0.3 is 0 Å². The first-order chi connectivity index (χ1) is 16.6. The van der Waals surface area contributed by atoms with Gasteiger partial charge in [0, 0.05) is 5.02 Å². The zero-order valence-electron chi connectivity index (χ0n) is 17.7. The lowest BCUT2D eigenvalue weighted by molar-refractivity contribution is 0.728. The maximum absolute atomic E-state index is 13.4. The van der Waals surface area contributed by atoms with Crippen LogP contribution in [0, 0.1) is 11.3 Å².